The van der Waals surface area contributed by atoms with Crippen molar-refractivity contribution in [3.63, 3.8) is 0 Å². The summed E-state index contributed by atoms with van der Waals surface area (Å²) in [6.45, 7) is 4.46. The molecule has 0 fully saturated rings. The zero-order valence-corrected chi connectivity index (χ0v) is 9.71. The van der Waals surface area contributed by atoms with E-state index in [9.17, 15) is 0 Å². The van der Waals surface area contributed by atoms with Crippen LogP contribution in [0.25, 0.3) is 0 Å². The minimum absolute atomic E-state index is 0. The van der Waals surface area contributed by atoms with Crippen LogP contribution in [0.1, 0.15) is 39.5 Å². The SMILES string of the molecule is CCCCCC.Cl.N=C(N)NC(=N)N. The number of halogens is 1. The van der Waals surface area contributed by atoms with E-state index in [4.69, 9.17) is 22.3 Å². The third-order valence-corrected chi connectivity index (χ3v) is 1.23. The van der Waals surface area contributed by atoms with Gasteiger partial charge in [0.15, 0.2) is 11.9 Å². The summed E-state index contributed by atoms with van der Waals surface area (Å²) in [6.07, 6.45) is 5.54. The van der Waals surface area contributed by atoms with Crippen LogP contribution in [-0.4, -0.2) is 11.9 Å². The van der Waals surface area contributed by atoms with Crippen molar-refractivity contribution in [2.24, 2.45) is 11.5 Å². The van der Waals surface area contributed by atoms with Gasteiger partial charge in [-0.05, 0) is 0 Å². The second kappa shape index (κ2) is 14.5. The quantitative estimate of drug-likeness (QED) is 0.283. The van der Waals surface area contributed by atoms with E-state index in [1.807, 2.05) is 5.32 Å². The van der Waals surface area contributed by atoms with Crippen LogP contribution in [0.2, 0.25) is 0 Å². The van der Waals surface area contributed by atoms with Gasteiger partial charge < -0.3 is 11.5 Å². The molecule has 0 saturated carbocycles. The third-order valence-electron chi connectivity index (χ3n) is 1.23. The van der Waals surface area contributed by atoms with Crippen molar-refractivity contribution in [1.82, 2.24) is 5.32 Å². The highest BCUT2D eigenvalue weighted by atomic mass is 35.5. The van der Waals surface area contributed by atoms with E-state index in [0.717, 1.165) is 0 Å². The number of nitrogens with one attached hydrogen (secondary N) is 3. The van der Waals surface area contributed by atoms with Gasteiger partial charge in [-0.15, -0.1) is 12.4 Å². The lowest BCUT2D eigenvalue weighted by Gasteiger charge is -1.95. The lowest BCUT2D eigenvalue weighted by molar-refractivity contribution is 0.702. The van der Waals surface area contributed by atoms with Crippen LogP contribution in [0.4, 0.5) is 0 Å². The molecule has 0 aliphatic heterocycles. The molecule has 0 rings (SSSR count). The van der Waals surface area contributed by atoms with Gasteiger partial charge in [0.05, 0.1) is 0 Å². The van der Waals surface area contributed by atoms with Gasteiger partial charge in [0, 0.05) is 0 Å². The molecule has 0 aliphatic carbocycles. The summed E-state index contributed by atoms with van der Waals surface area (Å²) < 4.78 is 0. The van der Waals surface area contributed by atoms with Gasteiger partial charge in [-0.1, -0.05) is 39.5 Å². The molecule has 0 unspecified atom stereocenters. The molecule has 0 aromatic heterocycles. The molecule has 14 heavy (non-hydrogen) atoms. The van der Waals surface area contributed by atoms with Crippen molar-refractivity contribution in [3.8, 4) is 0 Å². The van der Waals surface area contributed by atoms with E-state index < -0.39 is 0 Å². The Balaban J connectivity index is -0.000000163. The Labute approximate surface area is 92.1 Å². The lowest BCUT2D eigenvalue weighted by Crippen LogP contribution is -2.39. The smallest absolute Gasteiger partial charge is 0.192 e. The molecule has 6 heteroatoms. The molecule has 0 saturated heterocycles. The van der Waals surface area contributed by atoms with Gasteiger partial charge in [0.1, 0.15) is 0 Å². The first-order valence-electron chi connectivity index (χ1n) is 4.49. The molecule has 0 amide bonds. The summed E-state index contributed by atoms with van der Waals surface area (Å²) in [5.41, 5.74) is 9.49. The molecule has 5 nitrogen and oxygen atoms in total. The van der Waals surface area contributed by atoms with Gasteiger partial charge in [-0.25, -0.2) is 0 Å². The van der Waals surface area contributed by atoms with Crippen LogP contribution in [0, 0.1) is 10.8 Å². The van der Waals surface area contributed by atoms with Gasteiger partial charge in [0.2, 0.25) is 0 Å². The van der Waals surface area contributed by atoms with E-state index in [2.05, 4.69) is 13.8 Å². The Morgan fingerprint density at radius 2 is 1.29 bits per heavy atom. The van der Waals surface area contributed by atoms with E-state index in [1.165, 1.54) is 25.7 Å². The number of hydrogen-bond acceptors (Lipinski definition) is 2. The predicted molar refractivity (Wildman–Crippen MR) is 64.0 cm³/mol. The average Bonchev–Trinajstić information content (AvgIpc) is 1.99. The fraction of sp³-hybridized carbons (Fsp3) is 0.750. The topological polar surface area (TPSA) is 112 Å². The molecule has 86 valence electrons. The zero-order valence-electron chi connectivity index (χ0n) is 8.89. The maximum absolute atomic E-state index is 6.47. The van der Waals surface area contributed by atoms with Crippen molar-refractivity contribution in [2.45, 2.75) is 39.5 Å². The maximum atomic E-state index is 6.47. The Morgan fingerprint density at radius 1 is 1.00 bits per heavy atom. The summed E-state index contributed by atoms with van der Waals surface area (Å²) in [6, 6.07) is 0. The lowest BCUT2D eigenvalue weighted by atomic mass is 10.2. The van der Waals surface area contributed by atoms with Crippen LogP contribution < -0.4 is 16.8 Å². The fourth-order valence-corrected chi connectivity index (χ4v) is 0.645. The summed E-state index contributed by atoms with van der Waals surface area (Å²) in [7, 11) is 0. The molecule has 0 spiro atoms. The first kappa shape index (κ1) is 18.7. The normalized spacial score (nSPS) is 7.57. The molecular formula is C8H22ClN5. The van der Waals surface area contributed by atoms with Crippen LogP contribution in [0.15, 0.2) is 0 Å². The fourth-order valence-electron chi connectivity index (χ4n) is 0.645. The number of unbranched alkanes of at least 4 members (excludes halogenated alkanes) is 3. The monoisotopic (exact) mass is 223 g/mol. The summed E-state index contributed by atoms with van der Waals surface area (Å²) in [5, 5.41) is 15.0. The summed E-state index contributed by atoms with van der Waals surface area (Å²) in [5.74, 6) is -0.625. The van der Waals surface area contributed by atoms with Crippen LogP contribution in [0.5, 0.6) is 0 Å². The second-order valence-corrected chi connectivity index (χ2v) is 2.66. The average molecular weight is 224 g/mol. The number of guanidine groups is 2. The van der Waals surface area contributed by atoms with Crippen molar-refractivity contribution in [3.05, 3.63) is 0 Å². The Morgan fingerprint density at radius 3 is 1.36 bits per heavy atom. The van der Waals surface area contributed by atoms with Gasteiger partial charge >= 0.3 is 0 Å². The standard InChI is InChI=1S/C6H14.C2H7N5.ClH/c1-3-5-6-4-2;3-1(4)7-2(5)6;/h3-6H2,1-2H3;(H7,3,4,5,6,7);1H. The molecule has 0 atom stereocenters. The minimum Gasteiger partial charge on any atom is -0.370 e. The molecule has 7 N–H and O–H groups in total. The highest BCUT2D eigenvalue weighted by molar-refractivity contribution is 5.93. The van der Waals surface area contributed by atoms with Gasteiger partial charge in [-0.3, -0.25) is 16.1 Å². The summed E-state index contributed by atoms with van der Waals surface area (Å²) in [4.78, 5) is 0. The van der Waals surface area contributed by atoms with E-state index in [0.29, 0.717) is 0 Å². The molecule has 0 aliphatic rings. The molecule has 0 aromatic carbocycles. The molecule has 0 radical (unpaired) electrons. The third kappa shape index (κ3) is 30.5. The second-order valence-electron chi connectivity index (χ2n) is 2.66. The molecule has 0 bridgehead atoms. The van der Waals surface area contributed by atoms with E-state index in [-0.39, 0.29) is 24.3 Å². The van der Waals surface area contributed by atoms with Crippen LogP contribution >= 0.6 is 12.4 Å². The number of rotatable bonds is 3. The molecular weight excluding hydrogens is 202 g/mol. The largest absolute Gasteiger partial charge is 0.370 e. The maximum Gasteiger partial charge on any atom is 0.192 e. The Kier molecular flexibility index (Phi) is 19.5. The van der Waals surface area contributed by atoms with Crippen LogP contribution in [-0.2, 0) is 0 Å². The van der Waals surface area contributed by atoms with E-state index >= 15 is 0 Å². The predicted octanol–water partition coefficient (Wildman–Crippen LogP) is 1.37. The van der Waals surface area contributed by atoms with Crippen LogP contribution in [0.3, 0.4) is 0 Å². The zero-order chi connectivity index (χ0) is 10.7. The minimum atomic E-state index is -0.312. The Bertz CT molecular complexity index is 133. The molecule has 0 aromatic rings. The highest BCUT2D eigenvalue weighted by Crippen LogP contribution is 1.95. The summed E-state index contributed by atoms with van der Waals surface area (Å²) >= 11 is 0. The first-order valence-corrected chi connectivity index (χ1v) is 4.49. The molecule has 0 heterocycles. The number of nitrogens with two attached hydrogens (primary N) is 2. The van der Waals surface area contributed by atoms with Gasteiger partial charge in [-0.2, -0.15) is 0 Å². The van der Waals surface area contributed by atoms with Gasteiger partial charge in [0.25, 0.3) is 0 Å². The van der Waals surface area contributed by atoms with Crippen molar-refractivity contribution >= 4 is 24.3 Å². The van der Waals surface area contributed by atoms with Crippen molar-refractivity contribution in [2.75, 3.05) is 0 Å². The van der Waals surface area contributed by atoms with Crippen molar-refractivity contribution in [1.29, 1.82) is 10.8 Å². The van der Waals surface area contributed by atoms with E-state index in [1.54, 1.807) is 0 Å². The highest BCUT2D eigenvalue weighted by Gasteiger charge is 1.83. The number of hydrogen-bond donors (Lipinski definition) is 5. The van der Waals surface area contributed by atoms with Crippen molar-refractivity contribution < 1.29 is 0 Å². The Hall–Kier alpha value is -0.970. The first-order chi connectivity index (χ1) is 6.04.